The number of nitrogens with zero attached hydrogens (tertiary/aromatic N) is 2. The molecule has 0 unspecified atom stereocenters. The van der Waals surface area contributed by atoms with Gasteiger partial charge in [0.15, 0.2) is 11.5 Å². The van der Waals surface area contributed by atoms with Crippen LogP contribution < -0.4 is 14.8 Å². The molecule has 27 heavy (non-hydrogen) atoms. The van der Waals surface area contributed by atoms with E-state index in [-0.39, 0.29) is 11.7 Å². The topological polar surface area (TPSA) is 102 Å². The standard InChI is InChI=1S/C18H16N4O4S/c23-17(19-12-3-5-14-15(10-12)26-9-8-25-14)11-27-18-20-16(21-22-18)6-4-13-2-1-7-24-13/h1-7,10H,8-9,11H2,(H,19,23)(H,20,21,22)/b6-4+. The molecular weight excluding hydrogens is 368 g/mol. The third-order valence-electron chi connectivity index (χ3n) is 3.59. The van der Waals surface area contributed by atoms with E-state index in [2.05, 4.69) is 20.5 Å². The highest BCUT2D eigenvalue weighted by atomic mass is 32.2. The van der Waals surface area contributed by atoms with Crippen LogP contribution in [0.2, 0.25) is 0 Å². The number of nitrogens with one attached hydrogen (secondary N) is 2. The van der Waals surface area contributed by atoms with Gasteiger partial charge in [-0.25, -0.2) is 4.98 Å². The minimum Gasteiger partial charge on any atom is -0.486 e. The molecule has 4 rings (SSSR count). The lowest BCUT2D eigenvalue weighted by molar-refractivity contribution is -0.113. The van der Waals surface area contributed by atoms with Crippen LogP contribution in [0.1, 0.15) is 11.6 Å². The number of fused-ring (bicyclic) bond motifs is 1. The van der Waals surface area contributed by atoms with Gasteiger partial charge in [-0.15, -0.1) is 5.10 Å². The molecule has 8 nitrogen and oxygen atoms in total. The number of ether oxygens (including phenoxy) is 2. The maximum atomic E-state index is 12.1. The van der Waals surface area contributed by atoms with E-state index in [1.165, 1.54) is 11.8 Å². The molecule has 3 aromatic rings. The second-order valence-corrected chi connectivity index (χ2v) is 6.49. The van der Waals surface area contributed by atoms with Crippen LogP contribution in [0.3, 0.4) is 0 Å². The van der Waals surface area contributed by atoms with Crippen molar-refractivity contribution in [1.29, 1.82) is 0 Å². The first-order chi connectivity index (χ1) is 13.3. The Labute approximate surface area is 159 Å². The normalized spacial score (nSPS) is 13.0. The van der Waals surface area contributed by atoms with Crippen LogP contribution >= 0.6 is 11.8 Å². The Hall–Kier alpha value is -3.20. The Bertz CT molecular complexity index is 952. The van der Waals surface area contributed by atoms with Gasteiger partial charge in [-0.1, -0.05) is 11.8 Å². The number of thioether (sulfide) groups is 1. The second-order valence-electron chi connectivity index (χ2n) is 5.55. The number of rotatable bonds is 6. The zero-order valence-corrected chi connectivity index (χ0v) is 15.0. The SMILES string of the molecule is O=C(CSc1n[nH]c(/C=C/c2ccco2)n1)Nc1ccc2c(c1)OCCO2. The quantitative estimate of drug-likeness (QED) is 0.630. The molecule has 0 bridgehead atoms. The first-order valence-corrected chi connectivity index (χ1v) is 9.21. The molecule has 1 aliphatic heterocycles. The van der Waals surface area contributed by atoms with Gasteiger partial charge >= 0.3 is 0 Å². The molecule has 9 heteroatoms. The molecule has 3 heterocycles. The van der Waals surface area contributed by atoms with Gasteiger partial charge in [0.2, 0.25) is 11.1 Å². The fourth-order valence-electron chi connectivity index (χ4n) is 2.39. The third-order valence-corrected chi connectivity index (χ3v) is 4.44. The van der Waals surface area contributed by atoms with Crippen molar-refractivity contribution in [2.24, 2.45) is 0 Å². The van der Waals surface area contributed by atoms with E-state index in [0.29, 0.717) is 41.4 Å². The Morgan fingerprint density at radius 2 is 2.11 bits per heavy atom. The van der Waals surface area contributed by atoms with Crippen LogP contribution in [0, 0.1) is 0 Å². The van der Waals surface area contributed by atoms with E-state index in [4.69, 9.17) is 13.9 Å². The number of aromatic nitrogens is 3. The molecule has 1 aromatic carbocycles. The number of aromatic amines is 1. The lowest BCUT2D eigenvalue weighted by atomic mass is 10.2. The van der Waals surface area contributed by atoms with Crippen molar-refractivity contribution in [2.45, 2.75) is 5.16 Å². The van der Waals surface area contributed by atoms with Gasteiger partial charge in [0, 0.05) is 11.8 Å². The minimum absolute atomic E-state index is 0.158. The van der Waals surface area contributed by atoms with E-state index in [1.807, 2.05) is 12.1 Å². The van der Waals surface area contributed by atoms with E-state index < -0.39 is 0 Å². The van der Waals surface area contributed by atoms with Gasteiger partial charge in [-0.05, 0) is 36.4 Å². The van der Waals surface area contributed by atoms with Crippen molar-refractivity contribution in [3.63, 3.8) is 0 Å². The maximum Gasteiger partial charge on any atom is 0.234 e. The van der Waals surface area contributed by atoms with Gasteiger partial charge < -0.3 is 19.2 Å². The van der Waals surface area contributed by atoms with Crippen molar-refractivity contribution < 1.29 is 18.7 Å². The fraction of sp³-hybridized carbons (Fsp3) is 0.167. The van der Waals surface area contributed by atoms with Crippen molar-refractivity contribution in [2.75, 3.05) is 24.3 Å². The van der Waals surface area contributed by atoms with Gasteiger partial charge in [0.1, 0.15) is 24.8 Å². The molecular formula is C18H16N4O4S. The van der Waals surface area contributed by atoms with E-state index in [0.717, 1.165) is 5.76 Å². The summed E-state index contributed by atoms with van der Waals surface area (Å²) >= 11 is 1.24. The number of hydrogen-bond acceptors (Lipinski definition) is 7. The molecule has 0 fully saturated rings. The zero-order chi connectivity index (χ0) is 18.5. The Kier molecular flexibility index (Phi) is 5.10. The molecule has 0 radical (unpaired) electrons. The van der Waals surface area contributed by atoms with Crippen LogP contribution in [0.15, 0.2) is 46.2 Å². The molecule has 1 amide bonds. The number of anilines is 1. The van der Waals surface area contributed by atoms with E-state index in [1.54, 1.807) is 36.6 Å². The first-order valence-electron chi connectivity index (χ1n) is 8.22. The van der Waals surface area contributed by atoms with Crippen LogP contribution in [-0.2, 0) is 4.79 Å². The summed E-state index contributed by atoms with van der Waals surface area (Å²) in [7, 11) is 0. The number of amides is 1. The predicted molar refractivity (Wildman–Crippen MR) is 101 cm³/mol. The van der Waals surface area contributed by atoms with Crippen LogP contribution in [-0.4, -0.2) is 40.1 Å². The highest BCUT2D eigenvalue weighted by Gasteiger charge is 2.13. The summed E-state index contributed by atoms with van der Waals surface area (Å²) in [5.74, 6) is 2.65. The van der Waals surface area contributed by atoms with E-state index in [9.17, 15) is 4.79 Å². The monoisotopic (exact) mass is 384 g/mol. The Morgan fingerprint density at radius 1 is 1.22 bits per heavy atom. The maximum absolute atomic E-state index is 12.1. The van der Waals surface area contributed by atoms with Gasteiger partial charge in [0.05, 0.1) is 12.0 Å². The van der Waals surface area contributed by atoms with Crippen molar-refractivity contribution in [3.8, 4) is 11.5 Å². The summed E-state index contributed by atoms with van der Waals surface area (Å²) in [6, 6.07) is 8.96. The summed E-state index contributed by atoms with van der Waals surface area (Å²) in [6.45, 7) is 1.03. The van der Waals surface area contributed by atoms with Crippen molar-refractivity contribution in [1.82, 2.24) is 15.2 Å². The molecule has 0 atom stereocenters. The highest BCUT2D eigenvalue weighted by molar-refractivity contribution is 7.99. The third kappa shape index (κ3) is 4.50. The van der Waals surface area contributed by atoms with Crippen molar-refractivity contribution in [3.05, 3.63) is 48.2 Å². The average molecular weight is 384 g/mol. The number of carbonyl (C=O) groups is 1. The predicted octanol–water partition coefficient (Wildman–Crippen LogP) is 3.07. The summed E-state index contributed by atoms with van der Waals surface area (Å²) < 4.78 is 16.2. The molecule has 0 saturated carbocycles. The number of furan rings is 1. The lowest BCUT2D eigenvalue weighted by Crippen LogP contribution is -2.17. The van der Waals surface area contributed by atoms with E-state index >= 15 is 0 Å². The second kappa shape index (κ2) is 8.00. The average Bonchev–Trinajstić information content (AvgIpc) is 3.36. The molecule has 138 valence electrons. The summed E-state index contributed by atoms with van der Waals surface area (Å²) in [5.41, 5.74) is 0.655. The summed E-state index contributed by atoms with van der Waals surface area (Å²) in [5, 5.41) is 10.2. The minimum atomic E-state index is -0.158. The summed E-state index contributed by atoms with van der Waals surface area (Å²) in [4.78, 5) is 16.4. The van der Waals surface area contributed by atoms with Crippen molar-refractivity contribution >= 4 is 35.5 Å². The fourth-order valence-corrected chi connectivity index (χ4v) is 3.00. The highest BCUT2D eigenvalue weighted by Crippen LogP contribution is 2.32. The van der Waals surface area contributed by atoms with Gasteiger partial charge in [0.25, 0.3) is 0 Å². The van der Waals surface area contributed by atoms with Gasteiger partial charge in [-0.2, -0.15) is 0 Å². The number of hydrogen-bond donors (Lipinski definition) is 2. The molecule has 0 spiro atoms. The first kappa shape index (κ1) is 17.2. The number of carbonyl (C=O) groups excluding carboxylic acids is 1. The van der Waals surface area contributed by atoms with Gasteiger partial charge in [-0.3, -0.25) is 9.89 Å². The summed E-state index contributed by atoms with van der Waals surface area (Å²) in [6.07, 6.45) is 5.14. The molecule has 0 aliphatic carbocycles. The number of H-pyrrole nitrogens is 1. The number of benzene rings is 1. The Morgan fingerprint density at radius 3 is 2.96 bits per heavy atom. The zero-order valence-electron chi connectivity index (χ0n) is 14.2. The lowest BCUT2D eigenvalue weighted by Gasteiger charge is -2.18. The molecule has 2 aromatic heterocycles. The molecule has 0 saturated heterocycles. The smallest absolute Gasteiger partial charge is 0.234 e. The molecule has 1 aliphatic rings. The van der Waals surface area contributed by atoms with Crippen LogP contribution in [0.5, 0.6) is 11.5 Å². The van der Waals surface area contributed by atoms with Crippen LogP contribution in [0.25, 0.3) is 12.2 Å². The largest absolute Gasteiger partial charge is 0.486 e. The van der Waals surface area contributed by atoms with Crippen LogP contribution in [0.4, 0.5) is 5.69 Å². The Balaban J connectivity index is 1.29. The molecule has 2 N–H and O–H groups in total.